The minimum atomic E-state index is 0.532. The summed E-state index contributed by atoms with van der Waals surface area (Å²) in [7, 11) is 7.66. The molecule has 6 heteroatoms. The van der Waals surface area contributed by atoms with Gasteiger partial charge in [-0.15, -0.1) is 0 Å². The van der Waals surface area contributed by atoms with E-state index < -0.39 is 0 Å². The Labute approximate surface area is 115 Å². The largest absolute Gasteiger partial charge is 0.497 e. The van der Waals surface area contributed by atoms with Gasteiger partial charge in [-0.1, -0.05) is 17.4 Å². The summed E-state index contributed by atoms with van der Waals surface area (Å²) in [5.74, 6) is 0.612. The third-order valence-corrected chi connectivity index (χ3v) is 3.31. The number of fused-ring (bicyclic) bond motifs is 1. The number of H-pyrrole nitrogens is 1. The van der Waals surface area contributed by atoms with Gasteiger partial charge in [0.25, 0.3) is 0 Å². The molecule has 0 fully saturated rings. The van der Waals surface area contributed by atoms with E-state index in [4.69, 9.17) is 29.3 Å². The van der Waals surface area contributed by atoms with Crippen LogP contribution < -0.4 is 10.2 Å². The Morgan fingerprint density at radius 2 is 2.26 bits per heavy atom. The minimum Gasteiger partial charge on any atom is -0.497 e. The van der Waals surface area contributed by atoms with Crippen molar-refractivity contribution >= 4 is 36.4 Å². The summed E-state index contributed by atoms with van der Waals surface area (Å²) >= 11 is 5.39. The molecular formula is C13H9BN2O2S. The van der Waals surface area contributed by atoms with Gasteiger partial charge in [0.05, 0.1) is 24.6 Å². The summed E-state index contributed by atoms with van der Waals surface area (Å²) < 4.78 is 10.8. The van der Waals surface area contributed by atoms with Gasteiger partial charge in [-0.05, 0) is 23.7 Å². The van der Waals surface area contributed by atoms with E-state index in [0.717, 1.165) is 22.2 Å². The number of pyridine rings is 1. The second kappa shape index (κ2) is 4.55. The maximum absolute atomic E-state index is 6.08. The lowest BCUT2D eigenvalue weighted by atomic mass is 9.91. The zero-order valence-corrected chi connectivity index (χ0v) is 11.0. The monoisotopic (exact) mass is 268 g/mol. The molecule has 3 rings (SSSR count). The second-order valence-corrected chi connectivity index (χ2v) is 4.50. The maximum Gasteiger partial charge on any atom is 0.133 e. The molecule has 0 saturated carbocycles. The van der Waals surface area contributed by atoms with Crippen LogP contribution >= 0.6 is 12.2 Å². The highest BCUT2D eigenvalue weighted by Gasteiger charge is 2.08. The van der Waals surface area contributed by atoms with Gasteiger partial charge in [-0.25, -0.2) is 0 Å². The van der Waals surface area contributed by atoms with Crippen molar-refractivity contribution in [3.63, 3.8) is 0 Å². The van der Waals surface area contributed by atoms with E-state index in [-0.39, 0.29) is 0 Å². The highest BCUT2D eigenvalue weighted by Crippen LogP contribution is 2.23. The summed E-state index contributed by atoms with van der Waals surface area (Å²) in [6, 6.07) is 5.55. The van der Waals surface area contributed by atoms with Crippen molar-refractivity contribution in [1.82, 2.24) is 10.1 Å². The lowest BCUT2D eigenvalue weighted by Gasteiger charge is -2.10. The van der Waals surface area contributed by atoms with E-state index in [1.54, 1.807) is 25.6 Å². The quantitative estimate of drug-likeness (QED) is 0.572. The van der Waals surface area contributed by atoms with Crippen LogP contribution in [0.3, 0.4) is 0 Å². The van der Waals surface area contributed by atoms with Gasteiger partial charge in [0, 0.05) is 15.4 Å². The van der Waals surface area contributed by atoms with Crippen molar-refractivity contribution in [1.29, 1.82) is 0 Å². The first-order valence-corrected chi connectivity index (χ1v) is 6.01. The first-order chi connectivity index (χ1) is 9.20. The molecule has 0 unspecified atom stereocenters. The second-order valence-electron chi connectivity index (χ2n) is 4.06. The van der Waals surface area contributed by atoms with E-state index in [1.165, 1.54) is 0 Å². The number of aromatic amines is 1. The number of benzene rings is 1. The van der Waals surface area contributed by atoms with E-state index in [2.05, 4.69) is 10.1 Å². The third-order valence-electron chi connectivity index (χ3n) is 2.97. The first-order valence-electron chi connectivity index (χ1n) is 5.60. The molecule has 92 valence electrons. The fraction of sp³-hybridized carbons (Fsp3) is 0.0769. The third kappa shape index (κ3) is 1.94. The molecule has 1 aromatic carbocycles. The topological polar surface area (TPSA) is 51.1 Å². The number of rotatable bonds is 2. The highest BCUT2D eigenvalue weighted by atomic mass is 32.1. The van der Waals surface area contributed by atoms with E-state index in [9.17, 15) is 0 Å². The lowest BCUT2D eigenvalue weighted by Crippen LogP contribution is -2.10. The van der Waals surface area contributed by atoms with Crippen LogP contribution in [0.1, 0.15) is 0 Å². The average molecular weight is 268 g/mol. The molecule has 0 aliphatic heterocycles. The zero-order chi connectivity index (χ0) is 13.4. The van der Waals surface area contributed by atoms with Gasteiger partial charge in [0.2, 0.25) is 0 Å². The first kappa shape index (κ1) is 12.0. The summed E-state index contributed by atoms with van der Waals surface area (Å²) in [5, 5.41) is 4.56. The van der Waals surface area contributed by atoms with Gasteiger partial charge in [0.15, 0.2) is 0 Å². The summed E-state index contributed by atoms with van der Waals surface area (Å²) in [6.07, 6.45) is 3.16. The van der Waals surface area contributed by atoms with Crippen LogP contribution in [0.15, 0.2) is 35.2 Å². The fourth-order valence-corrected chi connectivity index (χ4v) is 2.28. The highest BCUT2D eigenvalue weighted by molar-refractivity contribution is 7.71. The van der Waals surface area contributed by atoms with E-state index in [0.29, 0.717) is 15.7 Å². The lowest BCUT2D eigenvalue weighted by molar-refractivity contribution is 0.418. The summed E-state index contributed by atoms with van der Waals surface area (Å²) in [4.78, 5) is 3.24. The van der Waals surface area contributed by atoms with Crippen LogP contribution in [0.25, 0.3) is 22.2 Å². The number of ether oxygens (including phenoxy) is 1. The fourth-order valence-electron chi connectivity index (χ4n) is 1.99. The molecule has 0 aliphatic rings. The van der Waals surface area contributed by atoms with Crippen molar-refractivity contribution in [2.45, 2.75) is 0 Å². The number of nitrogens with one attached hydrogen (secondary N) is 1. The molecule has 0 aliphatic carbocycles. The molecule has 19 heavy (non-hydrogen) atoms. The number of hydrogen-bond donors (Lipinski definition) is 1. The van der Waals surface area contributed by atoms with Gasteiger partial charge in [0.1, 0.15) is 19.9 Å². The normalized spacial score (nSPS) is 10.8. The molecule has 2 aromatic heterocycles. The Kier molecular flexibility index (Phi) is 2.87. The van der Waals surface area contributed by atoms with Gasteiger partial charge in [-0.3, -0.25) is 0 Å². The molecule has 4 nitrogen and oxygen atoms in total. The molecule has 0 atom stereocenters. The average Bonchev–Trinajstić information content (AvgIpc) is 2.94. The van der Waals surface area contributed by atoms with Crippen molar-refractivity contribution in [3.05, 3.63) is 35.2 Å². The van der Waals surface area contributed by atoms with Gasteiger partial charge >= 0.3 is 0 Å². The van der Waals surface area contributed by atoms with Crippen LogP contribution in [0.4, 0.5) is 0 Å². The standard InChI is InChI=1S/C13H9BN2O2S/c1-17-10-3-2-8-11(19)4-9(7-5-15-18-6-7)16-13(8)12(10)14/h2-6H,1H3,(H,16,19). The van der Waals surface area contributed by atoms with Crippen molar-refractivity contribution in [3.8, 4) is 17.0 Å². The number of aromatic nitrogens is 2. The van der Waals surface area contributed by atoms with Crippen LogP contribution in [0, 0.1) is 4.51 Å². The Morgan fingerprint density at radius 3 is 2.95 bits per heavy atom. The van der Waals surface area contributed by atoms with Gasteiger partial charge < -0.3 is 14.2 Å². The minimum absolute atomic E-state index is 0.532. The molecule has 0 spiro atoms. The predicted octanol–water partition coefficient (Wildman–Crippen LogP) is 2.35. The van der Waals surface area contributed by atoms with Gasteiger partial charge in [-0.2, -0.15) is 0 Å². The number of hydrogen-bond acceptors (Lipinski definition) is 4. The molecule has 1 N–H and O–H groups in total. The summed E-state index contributed by atoms with van der Waals surface area (Å²) in [5.41, 5.74) is 2.90. The van der Waals surface area contributed by atoms with E-state index >= 15 is 0 Å². The molecule has 3 aromatic rings. The van der Waals surface area contributed by atoms with Crippen molar-refractivity contribution in [2.75, 3.05) is 7.11 Å². The molecule has 2 radical (unpaired) electrons. The molecule has 0 saturated heterocycles. The number of nitrogens with zero attached hydrogens (tertiary/aromatic N) is 1. The smallest absolute Gasteiger partial charge is 0.133 e. The van der Waals surface area contributed by atoms with E-state index in [1.807, 2.05) is 12.1 Å². The predicted molar refractivity (Wildman–Crippen MR) is 76.6 cm³/mol. The summed E-state index contributed by atoms with van der Waals surface area (Å²) in [6.45, 7) is 0. The molecule has 0 amide bonds. The van der Waals surface area contributed by atoms with Crippen LogP contribution in [-0.2, 0) is 0 Å². The Bertz CT molecular complexity index is 796. The van der Waals surface area contributed by atoms with Crippen LogP contribution in [-0.4, -0.2) is 25.1 Å². The maximum atomic E-state index is 6.08. The zero-order valence-electron chi connectivity index (χ0n) is 10.1. The Hall–Kier alpha value is -2.08. The SMILES string of the molecule is [B]c1c(OC)ccc2c(=S)cc(-c3cnoc3)[nH]c12. The van der Waals surface area contributed by atoms with Crippen LogP contribution in [0.2, 0.25) is 0 Å². The molecule has 2 heterocycles. The van der Waals surface area contributed by atoms with Crippen molar-refractivity contribution in [2.24, 2.45) is 0 Å². The molecule has 0 bridgehead atoms. The van der Waals surface area contributed by atoms with Crippen LogP contribution in [0.5, 0.6) is 5.75 Å². The Morgan fingerprint density at radius 1 is 1.42 bits per heavy atom. The molecular weight excluding hydrogens is 259 g/mol. The number of methoxy groups -OCH3 is 1. The Balaban J connectivity index is 2.35. The van der Waals surface area contributed by atoms with Crippen molar-refractivity contribution < 1.29 is 9.26 Å².